The fraction of sp³-hybridized carbons (Fsp3) is 0.353. The zero-order valence-electron chi connectivity index (χ0n) is 12.8. The molecule has 0 aliphatic carbocycles. The maximum atomic E-state index is 13.7. The minimum Gasteiger partial charge on any atom is -0.370 e. The predicted molar refractivity (Wildman–Crippen MR) is 84.7 cm³/mol. The highest BCUT2D eigenvalue weighted by Gasteiger charge is 2.07. The van der Waals surface area contributed by atoms with E-state index in [9.17, 15) is 4.39 Å². The summed E-state index contributed by atoms with van der Waals surface area (Å²) in [7, 11) is 1.96. The molecule has 3 nitrogen and oxygen atoms in total. The Labute approximate surface area is 125 Å². The van der Waals surface area contributed by atoms with E-state index in [-0.39, 0.29) is 5.82 Å². The van der Waals surface area contributed by atoms with Crippen LogP contribution < -0.4 is 10.2 Å². The highest BCUT2D eigenvalue weighted by atomic mass is 19.1. The van der Waals surface area contributed by atoms with Gasteiger partial charge in [-0.1, -0.05) is 32.0 Å². The van der Waals surface area contributed by atoms with Crippen molar-refractivity contribution in [2.24, 2.45) is 0 Å². The van der Waals surface area contributed by atoms with Crippen LogP contribution in [0.25, 0.3) is 0 Å². The standard InChI is InChI=1S/C17H22FN3/c1-13(2)20-11-15-10-16(8-9-19-15)21(3)12-14-6-4-5-7-17(14)18/h4-10,13,20H,11-12H2,1-3H3. The Morgan fingerprint density at radius 3 is 2.71 bits per heavy atom. The maximum Gasteiger partial charge on any atom is 0.128 e. The first-order valence-corrected chi connectivity index (χ1v) is 7.19. The number of hydrogen-bond acceptors (Lipinski definition) is 3. The number of nitrogens with zero attached hydrogens (tertiary/aromatic N) is 2. The number of halogens is 1. The van der Waals surface area contributed by atoms with E-state index in [4.69, 9.17) is 0 Å². The molecule has 21 heavy (non-hydrogen) atoms. The Hall–Kier alpha value is -1.94. The van der Waals surface area contributed by atoms with Crippen LogP contribution in [0.3, 0.4) is 0 Å². The van der Waals surface area contributed by atoms with E-state index in [1.54, 1.807) is 12.3 Å². The van der Waals surface area contributed by atoms with Gasteiger partial charge in [0.15, 0.2) is 0 Å². The molecule has 0 aliphatic heterocycles. The first-order chi connectivity index (χ1) is 10.1. The third-order valence-electron chi connectivity index (χ3n) is 3.30. The van der Waals surface area contributed by atoms with Crippen molar-refractivity contribution in [3.05, 3.63) is 59.7 Å². The van der Waals surface area contributed by atoms with Gasteiger partial charge >= 0.3 is 0 Å². The lowest BCUT2D eigenvalue weighted by molar-refractivity contribution is 0.581. The first-order valence-electron chi connectivity index (χ1n) is 7.19. The van der Waals surface area contributed by atoms with Gasteiger partial charge in [-0.15, -0.1) is 0 Å². The number of benzene rings is 1. The van der Waals surface area contributed by atoms with Gasteiger partial charge in [0, 0.05) is 43.6 Å². The van der Waals surface area contributed by atoms with Crippen LogP contribution in [0.4, 0.5) is 10.1 Å². The van der Waals surface area contributed by atoms with Gasteiger partial charge in [-0.2, -0.15) is 0 Å². The van der Waals surface area contributed by atoms with Crippen molar-refractivity contribution in [3.63, 3.8) is 0 Å². The van der Waals surface area contributed by atoms with Crippen LogP contribution in [-0.4, -0.2) is 18.1 Å². The van der Waals surface area contributed by atoms with Crippen molar-refractivity contribution < 1.29 is 4.39 Å². The number of rotatable bonds is 6. The summed E-state index contributed by atoms with van der Waals surface area (Å²) in [5.74, 6) is -0.167. The van der Waals surface area contributed by atoms with Crippen molar-refractivity contribution in [2.75, 3.05) is 11.9 Å². The Bertz CT molecular complexity index is 584. The topological polar surface area (TPSA) is 28.2 Å². The average molecular weight is 287 g/mol. The van der Waals surface area contributed by atoms with Crippen LogP contribution in [0.1, 0.15) is 25.1 Å². The number of aromatic nitrogens is 1. The maximum absolute atomic E-state index is 13.7. The van der Waals surface area contributed by atoms with E-state index in [0.717, 1.165) is 17.9 Å². The van der Waals surface area contributed by atoms with Gasteiger partial charge in [-0.25, -0.2) is 4.39 Å². The second kappa shape index (κ2) is 7.18. The fourth-order valence-electron chi connectivity index (χ4n) is 2.08. The average Bonchev–Trinajstić information content (AvgIpc) is 2.48. The normalized spacial score (nSPS) is 10.9. The molecule has 0 radical (unpaired) electrons. The van der Waals surface area contributed by atoms with Crippen molar-refractivity contribution in [1.29, 1.82) is 0 Å². The molecular formula is C17H22FN3. The number of pyridine rings is 1. The van der Waals surface area contributed by atoms with Gasteiger partial charge in [0.05, 0.1) is 5.69 Å². The largest absolute Gasteiger partial charge is 0.370 e. The molecule has 2 aromatic rings. The van der Waals surface area contributed by atoms with Crippen LogP contribution >= 0.6 is 0 Å². The van der Waals surface area contributed by atoms with Gasteiger partial charge in [0.1, 0.15) is 5.82 Å². The molecule has 0 aliphatic rings. The highest BCUT2D eigenvalue weighted by Crippen LogP contribution is 2.17. The molecule has 0 unspecified atom stereocenters. The monoisotopic (exact) mass is 287 g/mol. The molecular weight excluding hydrogens is 265 g/mol. The van der Waals surface area contributed by atoms with E-state index in [1.165, 1.54) is 6.07 Å². The van der Waals surface area contributed by atoms with Gasteiger partial charge in [0.25, 0.3) is 0 Å². The quantitative estimate of drug-likeness (QED) is 0.883. The molecule has 0 bridgehead atoms. The number of hydrogen-bond donors (Lipinski definition) is 1. The molecule has 4 heteroatoms. The molecule has 1 aromatic heterocycles. The van der Waals surface area contributed by atoms with Crippen LogP contribution in [0, 0.1) is 5.82 Å². The summed E-state index contributed by atoms with van der Waals surface area (Å²) in [4.78, 5) is 6.38. The first kappa shape index (κ1) is 15.4. The van der Waals surface area contributed by atoms with E-state index in [1.807, 2.05) is 36.2 Å². The summed E-state index contributed by atoms with van der Waals surface area (Å²) in [6.07, 6.45) is 1.80. The zero-order chi connectivity index (χ0) is 15.2. The Morgan fingerprint density at radius 2 is 2.00 bits per heavy atom. The van der Waals surface area contributed by atoms with Crippen molar-refractivity contribution in [1.82, 2.24) is 10.3 Å². The molecule has 0 fully saturated rings. The van der Waals surface area contributed by atoms with Crippen LogP contribution in [0.15, 0.2) is 42.6 Å². The second-order valence-electron chi connectivity index (χ2n) is 5.49. The molecule has 1 N–H and O–H groups in total. The highest BCUT2D eigenvalue weighted by molar-refractivity contribution is 5.46. The van der Waals surface area contributed by atoms with E-state index in [2.05, 4.69) is 24.1 Å². The van der Waals surface area contributed by atoms with Gasteiger partial charge in [0.2, 0.25) is 0 Å². The number of anilines is 1. The lowest BCUT2D eigenvalue weighted by Gasteiger charge is -2.20. The molecule has 112 valence electrons. The molecule has 1 aromatic carbocycles. The molecule has 0 amide bonds. The Kier molecular flexibility index (Phi) is 5.28. The van der Waals surface area contributed by atoms with Crippen LogP contribution in [0.5, 0.6) is 0 Å². The number of nitrogens with one attached hydrogen (secondary N) is 1. The zero-order valence-corrected chi connectivity index (χ0v) is 12.8. The SMILES string of the molecule is CC(C)NCc1cc(N(C)Cc2ccccc2F)ccn1. The minimum atomic E-state index is -0.167. The van der Waals surface area contributed by atoms with Gasteiger partial charge in [-0.05, 0) is 18.2 Å². The summed E-state index contributed by atoms with van der Waals surface area (Å²) >= 11 is 0. The molecule has 2 rings (SSSR count). The molecule has 0 saturated carbocycles. The van der Waals surface area contributed by atoms with Crippen LogP contribution in [-0.2, 0) is 13.1 Å². The third-order valence-corrected chi connectivity index (χ3v) is 3.30. The lowest BCUT2D eigenvalue weighted by Crippen LogP contribution is -2.23. The summed E-state index contributed by atoms with van der Waals surface area (Å²) < 4.78 is 13.7. The van der Waals surface area contributed by atoms with Crippen LogP contribution in [0.2, 0.25) is 0 Å². The van der Waals surface area contributed by atoms with Gasteiger partial charge in [-0.3, -0.25) is 4.98 Å². The van der Waals surface area contributed by atoms with Crippen molar-refractivity contribution in [2.45, 2.75) is 33.0 Å². The Balaban J connectivity index is 2.07. The molecule has 0 spiro atoms. The predicted octanol–water partition coefficient (Wildman–Crippen LogP) is 3.36. The van der Waals surface area contributed by atoms with E-state index in [0.29, 0.717) is 18.2 Å². The summed E-state index contributed by atoms with van der Waals surface area (Å²) in [6, 6.07) is 11.3. The van der Waals surface area contributed by atoms with Crippen molar-refractivity contribution in [3.8, 4) is 0 Å². The van der Waals surface area contributed by atoms with Gasteiger partial charge < -0.3 is 10.2 Å². The third kappa shape index (κ3) is 4.53. The second-order valence-corrected chi connectivity index (χ2v) is 5.49. The molecule has 1 heterocycles. The summed E-state index contributed by atoms with van der Waals surface area (Å²) in [6.45, 7) is 5.48. The smallest absolute Gasteiger partial charge is 0.128 e. The van der Waals surface area contributed by atoms with E-state index >= 15 is 0 Å². The lowest BCUT2D eigenvalue weighted by atomic mass is 10.2. The van der Waals surface area contributed by atoms with Crippen molar-refractivity contribution >= 4 is 5.69 Å². The summed E-state index contributed by atoms with van der Waals surface area (Å²) in [5.41, 5.74) is 2.72. The fourth-order valence-corrected chi connectivity index (χ4v) is 2.08. The van der Waals surface area contributed by atoms with E-state index < -0.39 is 0 Å². The summed E-state index contributed by atoms with van der Waals surface area (Å²) in [5, 5.41) is 3.35. The molecule has 0 atom stereocenters. The Morgan fingerprint density at radius 1 is 1.24 bits per heavy atom. The minimum absolute atomic E-state index is 0.167. The molecule has 0 saturated heterocycles.